The normalized spacial score (nSPS) is 21.4. The SMILES string of the molecule is CC1CC1CN(C)c1nc(Cl)nc(-n2ccnc2)n1. The van der Waals surface area contributed by atoms with Crippen molar-refractivity contribution in [1.82, 2.24) is 24.5 Å². The van der Waals surface area contributed by atoms with E-state index in [0.29, 0.717) is 11.9 Å². The minimum atomic E-state index is 0.199. The van der Waals surface area contributed by atoms with Crippen LogP contribution in [0.3, 0.4) is 0 Å². The third kappa shape index (κ3) is 2.68. The van der Waals surface area contributed by atoms with Crippen LogP contribution in [0.25, 0.3) is 5.95 Å². The number of rotatable bonds is 4. The molecule has 6 nitrogen and oxygen atoms in total. The molecule has 3 rings (SSSR count). The predicted octanol–water partition coefficient (Wildman–Crippen LogP) is 1.80. The first kappa shape index (κ1) is 12.3. The maximum absolute atomic E-state index is 5.97. The van der Waals surface area contributed by atoms with Crippen molar-refractivity contribution in [3.05, 3.63) is 24.0 Å². The van der Waals surface area contributed by atoms with E-state index < -0.39 is 0 Å². The van der Waals surface area contributed by atoms with Crippen LogP contribution in [0, 0.1) is 11.8 Å². The van der Waals surface area contributed by atoms with Crippen molar-refractivity contribution in [1.29, 1.82) is 0 Å². The molecule has 0 spiro atoms. The van der Waals surface area contributed by atoms with Crippen LogP contribution in [0.5, 0.6) is 0 Å². The molecule has 1 aliphatic carbocycles. The standard InChI is InChI=1S/C12H15ClN6/c1-8-5-9(8)6-18(2)11-15-10(13)16-12(17-11)19-4-3-14-7-19/h3-4,7-9H,5-6H2,1-2H3. The highest BCUT2D eigenvalue weighted by molar-refractivity contribution is 6.28. The zero-order valence-electron chi connectivity index (χ0n) is 10.9. The van der Waals surface area contributed by atoms with E-state index in [2.05, 4.69) is 26.9 Å². The van der Waals surface area contributed by atoms with E-state index in [9.17, 15) is 0 Å². The molecule has 1 aliphatic rings. The van der Waals surface area contributed by atoms with Gasteiger partial charge in [0.2, 0.25) is 17.2 Å². The van der Waals surface area contributed by atoms with Gasteiger partial charge >= 0.3 is 0 Å². The molecule has 2 aromatic rings. The zero-order chi connectivity index (χ0) is 13.4. The fourth-order valence-electron chi connectivity index (χ4n) is 2.08. The second kappa shape index (κ2) is 4.77. The Morgan fingerprint density at radius 1 is 1.42 bits per heavy atom. The number of hydrogen-bond donors (Lipinski definition) is 0. The maximum atomic E-state index is 5.97. The molecule has 2 atom stereocenters. The van der Waals surface area contributed by atoms with Crippen LogP contribution < -0.4 is 4.90 Å². The highest BCUT2D eigenvalue weighted by Gasteiger charge is 2.33. The van der Waals surface area contributed by atoms with Crippen LogP contribution in [0.2, 0.25) is 5.28 Å². The molecule has 0 saturated heterocycles. The van der Waals surface area contributed by atoms with E-state index in [1.165, 1.54) is 6.42 Å². The maximum Gasteiger partial charge on any atom is 0.241 e. The van der Waals surface area contributed by atoms with Gasteiger partial charge in [-0.2, -0.15) is 15.0 Å². The largest absolute Gasteiger partial charge is 0.343 e. The lowest BCUT2D eigenvalue weighted by molar-refractivity contribution is 0.706. The summed E-state index contributed by atoms with van der Waals surface area (Å²) in [6.07, 6.45) is 6.36. The van der Waals surface area contributed by atoms with Gasteiger partial charge in [-0.1, -0.05) is 6.92 Å². The van der Waals surface area contributed by atoms with Gasteiger partial charge in [0, 0.05) is 26.0 Å². The molecular formula is C12H15ClN6. The summed E-state index contributed by atoms with van der Waals surface area (Å²) in [5, 5.41) is 0.199. The average Bonchev–Trinajstić information content (AvgIpc) is 2.88. The number of aromatic nitrogens is 5. The Kier molecular flexibility index (Phi) is 3.10. The fraction of sp³-hybridized carbons (Fsp3) is 0.500. The molecule has 2 unspecified atom stereocenters. The third-order valence-electron chi connectivity index (χ3n) is 3.45. The summed E-state index contributed by atoms with van der Waals surface area (Å²) in [5.74, 6) is 2.62. The third-order valence-corrected chi connectivity index (χ3v) is 3.61. The van der Waals surface area contributed by atoms with E-state index in [1.54, 1.807) is 23.3 Å². The molecule has 0 N–H and O–H groups in total. The van der Waals surface area contributed by atoms with Crippen LogP contribution in [-0.4, -0.2) is 38.1 Å². The number of halogens is 1. The molecule has 2 aromatic heterocycles. The Balaban J connectivity index is 1.85. The van der Waals surface area contributed by atoms with Crippen LogP contribution in [-0.2, 0) is 0 Å². The monoisotopic (exact) mass is 278 g/mol. The number of imidazole rings is 1. The van der Waals surface area contributed by atoms with Gasteiger partial charge in [0.15, 0.2) is 0 Å². The number of nitrogens with zero attached hydrogens (tertiary/aromatic N) is 6. The van der Waals surface area contributed by atoms with Gasteiger partial charge in [0.25, 0.3) is 0 Å². The summed E-state index contributed by atoms with van der Waals surface area (Å²) >= 11 is 5.97. The molecule has 0 amide bonds. The molecule has 0 aliphatic heterocycles. The zero-order valence-corrected chi connectivity index (χ0v) is 11.6. The minimum Gasteiger partial charge on any atom is -0.343 e. The lowest BCUT2D eigenvalue weighted by Crippen LogP contribution is -2.23. The molecule has 2 heterocycles. The Hall–Kier alpha value is -1.69. The fourth-order valence-corrected chi connectivity index (χ4v) is 2.23. The molecule has 100 valence electrons. The topological polar surface area (TPSA) is 59.7 Å². The second-order valence-corrected chi connectivity index (χ2v) is 5.37. The summed E-state index contributed by atoms with van der Waals surface area (Å²) in [5.41, 5.74) is 0. The Morgan fingerprint density at radius 3 is 2.84 bits per heavy atom. The van der Waals surface area contributed by atoms with Crippen molar-refractivity contribution < 1.29 is 0 Å². The smallest absolute Gasteiger partial charge is 0.241 e. The van der Waals surface area contributed by atoms with Gasteiger partial charge in [-0.15, -0.1) is 0 Å². The van der Waals surface area contributed by atoms with E-state index >= 15 is 0 Å². The summed E-state index contributed by atoms with van der Waals surface area (Å²) in [6, 6.07) is 0. The van der Waals surface area contributed by atoms with Gasteiger partial charge < -0.3 is 4.90 Å². The van der Waals surface area contributed by atoms with Crippen molar-refractivity contribution in [2.75, 3.05) is 18.5 Å². The van der Waals surface area contributed by atoms with Crippen LogP contribution >= 0.6 is 11.6 Å². The second-order valence-electron chi connectivity index (χ2n) is 5.03. The quantitative estimate of drug-likeness (QED) is 0.853. The minimum absolute atomic E-state index is 0.199. The summed E-state index contributed by atoms with van der Waals surface area (Å²) < 4.78 is 1.71. The van der Waals surface area contributed by atoms with Crippen molar-refractivity contribution in [3.63, 3.8) is 0 Å². The van der Waals surface area contributed by atoms with E-state index in [1.807, 2.05) is 11.9 Å². The van der Waals surface area contributed by atoms with Crippen molar-refractivity contribution in [3.8, 4) is 5.95 Å². The average molecular weight is 279 g/mol. The molecule has 19 heavy (non-hydrogen) atoms. The summed E-state index contributed by atoms with van der Waals surface area (Å²) in [6.45, 7) is 3.21. The van der Waals surface area contributed by atoms with Crippen LogP contribution in [0.4, 0.5) is 5.95 Å². The van der Waals surface area contributed by atoms with Gasteiger partial charge in [0.1, 0.15) is 6.33 Å². The van der Waals surface area contributed by atoms with Gasteiger partial charge in [-0.25, -0.2) is 4.98 Å². The van der Waals surface area contributed by atoms with Gasteiger partial charge in [-0.3, -0.25) is 4.57 Å². The van der Waals surface area contributed by atoms with Gasteiger partial charge in [0.05, 0.1) is 0 Å². The Labute approximate surface area is 116 Å². The van der Waals surface area contributed by atoms with Crippen LogP contribution in [0.1, 0.15) is 13.3 Å². The molecule has 7 heteroatoms. The molecule has 0 bridgehead atoms. The van der Waals surface area contributed by atoms with E-state index in [-0.39, 0.29) is 5.28 Å². The van der Waals surface area contributed by atoms with Crippen LogP contribution in [0.15, 0.2) is 18.7 Å². The van der Waals surface area contributed by atoms with Crippen molar-refractivity contribution in [2.45, 2.75) is 13.3 Å². The van der Waals surface area contributed by atoms with E-state index in [4.69, 9.17) is 11.6 Å². The lowest BCUT2D eigenvalue weighted by atomic mass is 10.3. The van der Waals surface area contributed by atoms with Crippen molar-refractivity contribution >= 4 is 17.5 Å². The summed E-state index contributed by atoms with van der Waals surface area (Å²) in [7, 11) is 1.98. The number of hydrogen-bond acceptors (Lipinski definition) is 5. The van der Waals surface area contributed by atoms with Crippen molar-refractivity contribution in [2.24, 2.45) is 11.8 Å². The highest BCUT2D eigenvalue weighted by atomic mass is 35.5. The molecule has 0 radical (unpaired) electrons. The molecule has 1 saturated carbocycles. The Bertz CT molecular complexity index is 570. The Morgan fingerprint density at radius 2 is 2.21 bits per heavy atom. The lowest BCUT2D eigenvalue weighted by Gasteiger charge is -2.17. The first-order valence-electron chi connectivity index (χ1n) is 6.24. The molecule has 1 fully saturated rings. The first-order valence-corrected chi connectivity index (χ1v) is 6.62. The highest BCUT2D eigenvalue weighted by Crippen LogP contribution is 2.38. The van der Waals surface area contributed by atoms with E-state index in [0.717, 1.165) is 18.4 Å². The molecule has 0 aromatic carbocycles. The summed E-state index contributed by atoms with van der Waals surface area (Å²) in [4.78, 5) is 18.7. The molecular weight excluding hydrogens is 264 g/mol. The number of anilines is 1. The predicted molar refractivity (Wildman–Crippen MR) is 72.5 cm³/mol. The van der Waals surface area contributed by atoms with Gasteiger partial charge in [-0.05, 0) is 29.9 Å². The first-order chi connectivity index (χ1) is 9.13.